The van der Waals surface area contributed by atoms with Gasteiger partial charge < -0.3 is 4.74 Å². The molecule has 0 aliphatic heterocycles. The monoisotopic (exact) mass is 232 g/mol. The average molecular weight is 232 g/mol. The molecule has 2 unspecified atom stereocenters. The normalized spacial score (nSPS) is 26.8. The van der Waals surface area contributed by atoms with Crippen LogP contribution in [-0.4, -0.2) is 13.1 Å². The van der Waals surface area contributed by atoms with Crippen molar-refractivity contribution in [2.24, 2.45) is 5.92 Å². The van der Waals surface area contributed by atoms with Gasteiger partial charge in [0.2, 0.25) is 0 Å². The van der Waals surface area contributed by atoms with Gasteiger partial charge >= 0.3 is 5.97 Å². The Morgan fingerprint density at radius 2 is 1.76 bits per heavy atom. The van der Waals surface area contributed by atoms with Crippen LogP contribution in [0.25, 0.3) is 0 Å². The van der Waals surface area contributed by atoms with Crippen molar-refractivity contribution in [2.45, 2.75) is 39.5 Å². The van der Waals surface area contributed by atoms with E-state index in [9.17, 15) is 4.79 Å². The van der Waals surface area contributed by atoms with Crippen LogP contribution >= 0.6 is 0 Å². The van der Waals surface area contributed by atoms with Crippen LogP contribution in [0.5, 0.6) is 0 Å². The minimum absolute atomic E-state index is 0.0833. The predicted octanol–water partition coefficient (Wildman–Crippen LogP) is 3.06. The molecular weight excluding hydrogens is 212 g/mol. The van der Waals surface area contributed by atoms with E-state index in [2.05, 4.69) is 39.8 Å². The largest absolute Gasteiger partial charge is 0.468 e. The van der Waals surface area contributed by atoms with Gasteiger partial charge in [0.1, 0.15) is 0 Å². The lowest BCUT2D eigenvalue weighted by Gasteiger charge is -2.20. The van der Waals surface area contributed by atoms with Crippen LogP contribution in [0, 0.1) is 26.7 Å². The van der Waals surface area contributed by atoms with Gasteiger partial charge in [-0.05, 0) is 49.8 Å². The van der Waals surface area contributed by atoms with E-state index in [4.69, 9.17) is 4.74 Å². The summed E-state index contributed by atoms with van der Waals surface area (Å²) in [5.41, 5.74) is 4.46. The lowest BCUT2D eigenvalue weighted by Crippen LogP contribution is -2.26. The Kier molecular flexibility index (Phi) is 2.76. The molecule has 1 aliphatic rings. The minimum atomic E-state index is -0.378. The Morgan fingerprint density at radius 1 is 1.29 bits per heavy atom. The second-order valence-corrected chi connectivity index (χ2v) is 5.34. The van der Waals surface area contributed by atoms with E-state index in [0.717, 1.165) is 6.42 Å². The highest BCUT2D eigenvalue weighted by molar-refractivity contribution is 5.88. The van der Waals surface area contributed by atoms with E-state index in [0.29, 0.717) is 5.92 Å². The number of carbonyl (C=O) groups excluding carboxylic acids is 1. The van der Waals surface area contributed by atoms with Crippen LogP contribution in [0.15, 0.2) is 12.1 Å². The molecule has 2 rings (SSSR count). The molecule has 0 heterocycles. The van der Waals surface area contributed by atoms with Crippen LogP contribution in [-0.2, 0) is 14.9 Å². The topological polar surface area (TPSA) is 26.3 Å². The van der Waals surface area contributed by atoms with Crippen LogP contribution < -0.4 is 0 Å². The first-order valence-electron chi connectivity index (χ1n) is 6.10. The number of hydrogen-bond acceptors (Lipinski definition) is 2. The number of esters is 1. The summed E-state index contributed by atoms with van der Waals surface area (Å²) in [4.78, 5) is 12.1. The molecule has 92 valence electrons. The highest BCUT2D eigenvalue weighted by Gasteiger charge is 2.60. The molecule has 0 saturated heterocycles. The molecule has 0 aromatic heterocycles. The van der Waals surface area contributed by atoms with Crippen molar-refractivity contribution in [3.05, 3.63) is 34.4 Å². The van der Waals surface area contributed by atoms with Crippen molar-refractivity contribution < 1.29 is 9.53 Å². The Hall–Kier alpha value is -1.31. The molecule has 2 nitrogen and oxygen atoms in total. The average Bonchev–Trinajstić information content (AvgIpc) is 2.88. The maximum absolute atomic E-state index is 12.1. The zero-order valence-electron chi connectivity index (χ0n) is 11.3. The van der Waals surface area contributed by atoms with E-state index >= 15 is 0 Å². The van der Waals surface area contributed by atoms with Crippen LogP contribution in [0.4, 0.5) is 0 Å². The fraction of sp³-hybridized carbons (Fsp3) is 0.533. The molecular formula is C15H20O2. The molecule has 0 amide bonds. The quantitative estimate of drug-likeness (QED) is 0.732. The van der Waals surface area contributed by atoms with Crippen molar-refractivity contribution in [3.8, 4) is 0 Å². The van der Waals surface area contributed by atoms with E-state index < -0.39 is 0 Å². The first-order valence-corrected chi connectivity index (χ1v) is 6.10. The molecule has 1 fully saturated rings. The van der Waals surface area contributed by atoms with Crippen LogP contribution in [0.3, 0.4) is 0 Å². The van der Waals surface area contributed by atoms with E-state index in [1.165, 1.54) is 29.4 Å². The van der Waals surface area contributed by atoms with Gasteiger partial charge in [-0.15, -0.1) is 0 Å². The zero-order chi connectivity index (χ0) is 12.8. The van der Waals surface area contributed by atoms with Gasteiger partial charge in [0.15, 0.2) is 0 Å². The lowest BCUT2D eigenvalue weighted by molar-refractivity contribution is -0.144. The molecule has 0 radical (unpaired) electrons. The van der Waals surface area contributed by atoms with Gasteiger partial charge in [0.05, 0.1) is 12.5 Å². The number of hydrogen-bond donors (Lipinski definition) is 0. The highest BCUT2D eigenvalue weighted by atomic mass is 16.5. The van der Waals surface area contributed by atoms with Gasteiger partial charge in [-0.3, -0.25) is 4.79 Å². The fourth-order valence-corrected chi connectivity index (χ4v) is 3.22. The highest BCUT2D eigenvalue weighted by Crippen LogP contribution is 2.56. The Morgan fingerprint density at radius 3 is 2.12 bits per heavy atom. The second-order valence-electron chi connectivity index (χ2n) is 5.34. The van der Waals surface area contributed by atoms with Crippen LogP contribution in [0.2, 0.25) is 0 Å². The summed E-state index contributed by atoms with van der Waals surface area (Å²) < 4.78 is 5.00. The summed E-state index contributed by atoms with van der Waals surface area (Å²) in [6, 6.07) is 4.30. The SMILES string of the molecule is COC(=O)C1(c2c(C)cc(C)cc2C)CC1C. The maximum atomic E-state index is 12.1. The molecule has 2 atom stereocenters. The second kappa shape index (κ2) is 3.86. The summed E-state index contributed by atoms with van der Waals surface area (Å²) in [5.74, 6) is 0.301. The molecule has 1 aliphatic carbocycles. The maximum Gasteiger partial charge on any atom is 0.316 e. The smallest absolute Gasteiger partial charge is 0.316 e. The molecule has 0 spiro atoms. The molecule has 0 bridgehead atoms. The van der Waals surface area contributed by atoms with E-state index in [1.807, 2.05) is 0 Å². The van der Waals surface area contributed by atoms with Crippen molar-refractivity contribution in [1.82, 2.24) is 0 Å². The Labute approximate surface area is 103 Å². The zero-order valence-corrected chi connectivity index (χ0v) is 11.3. The van der Waals surface area contributed by atoms with Gasteiger partial charge in [0.25, 0.3) is 0 Å². The van der Waals surface area contributed by atoms with E-state index in [1.54, 1.807) is 0 Å². The third kappa shape index (κ3) is 1.67. The Bertz CT molecular complexity index is 453. The minimum Gasteiger partial charge on any atom is -0.468 e. The number of ether oxygens (including phenoxy) is 1. The lowest BCUT2D eigenvalue weighted by atomic mass is 9.85. The number of carbonyl (C=O) groups is 1. The number of benzene rings is 1. The number of aryl methyl sites for hydroxylation is 3. The first kappa shape index (κ1) is 12.2. The van der Waals surface area contributed by atoms with Gasteiger partial charge in [-0.25, -0.2) is 0 Å². The van der Waals surface area contributed by atoms with Crippen molar-refractivity contribution >= 4 is 5.97 Å². The molecule has 0 N–H and O–H groups in total. The van der Waals surface area contributed by atoms with E-state index in [-0.39, 0.29) is 11.4 Å². The van der Waals surface area contributed by atoms with Crippen molar-refractivity contribution in [3.63, 3.8) is 0 Å². The van der Waals surface area contributed by atoms with Crippen LogP contribution in [0.1, 0.15) is 35.6 Å². The summed E-state index contributed by atoms with van der Waals surface area (Å²) in [7, 11) is 1.48. The molecule has 1 saturated carbocycles. The Balaban J connectivity index is 2.57. The van der Waals surface area contributed by atoms with Gasteiger partial charge in [-0.1, -0.05) is 24.6 Å². The molecule has 1 aromatic carbocycles. The fourth-order valence-electron chi connectivity index (χ4n) is 3.22. The third-order valence-electron chi connectivity index (χ3n) is 3.98. The van der Waals surface area contributed by atoms with Crippen molar-refractivity contribution in [1.29, 1.82) is 0 Å². The standard InChI is InChI=1S/C15H20O2/c1-9-6-10(2)13(11(3)7-9)15(8-12(15)4)14(16)17-5/h6-7,12H,8H2,1-5H3. The molecule has 17 heavy (non-hydrogen) atoms. The van der Waals surface area contributed by atoms with Gasteiger partial charge in [0, 0.05) is 0 Å². The summed E-state index contributed by atoms with van der Waals surface area (Å²) >= 11 is 0. The summed E-state index contributed by atoms with van der Waals surface area (Å²) in [6.07, 6.45) is 0.907. The first-order chi connectivity index (χ1) is 7.93. The van der Waals surface area contributed by atoms with Gasteiger partial charge in [-0.2, -0.15) is 0 Å². The molecule has 1 aromatic rings. The molecule has 2 heteroatoms. The number of methoxy groups -OCH3 is 1. The summed E-state index contributed by atoms with van der Waals surface area (Å²) in [6.45, 7) is 8.39. The third-order valence-corrected chi connectivity index (χ3v) is 3.98. The number of rotatable bonds is 2. The summed E-state index contributed by atoms with van der Waals surface area (Å²) in [5, 5.41) is 0. The predicted molar refractivity (Wildman–Crippen MR) is 68.1 cm³/mol. The van der Waals surface area contributed by atoms with Crippen molar-refractivity contribution in [2.75, 3.05) is 7.11 Å².